The van der Waals surface area contributed by atoms with Crippen molar-refractivity contribution in [1.29, 1.82) is 0 Å². The molecular formula is C14H13BrClNO. The van der Waals surface area contributed by atoms with Crippen LogP contribution in [0.25, 0.3) is 0 Å². The molecule has 94 valence electrons. The molecule has 0 aliphatic rings. The van der Waals surface area contributed by atoms with E-state index in [2.05, 4.69) is 15.9 Å². The van der Waals surface area contributed by atoms with Crippen molar-refractivity contribution in [3.05, 3.63) is 57.5 Å². The van der Waals surface area contributed by atoms with Crippen LogP contribution in [0.4, 0.5) is 5.69 Å². The summed E-state index contributed by atoms with van der Waals surface area (Å²) < 4.78 is 6.60. The minimum atomic E-state index is 0.546. The number of hydrogen-bond acceptors (Lipinski definition) is 2. The predicted octanol–water partition coefficient (Wildman–Crippen LogP) is 4.31. The van der Waals surface area contributed by atoms with Crippen LogP contribution in [-0.2, 0) is 6.42 Å². The molecule has 0 saturated heterocycles. The third kappa shape index (κ3) is 3.40. The highest BCUT2D eigenvalue weighted by molar-refractivity contribution is 9.10. The minimum Gasteiger partial charge on any atom is -0.492 e. The van der Waals surface area contributed by atoms with E-state index in [-0.39, 0.29) is 0 Å². The fraction of sp³-hybridized carbons (Fsp3) is 0.143. The lowest BCUT2D eigenvalue weighted by Gasteiger charge is -2.09. The zero-order chi connectivity index (χ0) is 13.0. The second kappa shape index (κ2) is 6.12. The fourth-order valence-corrected chi connectivity index (χ4v) is 2.13. The van der Waals surface area contributed by atoms with Gasteiger partial charge in [-0.2, -0.15) is 0 Å². The molecular weight excluding hydrogens is 314 g/mol. The van der Waals surface area contributed by atoms with Crippen LogP contribution < -0.4 is 10.5 Å². The molecule has 2 aromatic rings. The smallest absolute Gasteiger partial charge is 0.139 e. The van der Waals surface area contributed by atoms with Gasteiger partial charge in [-0.3, -0.25) is 0 Å². The summed E-state index contributed by atoms with van der Waals surface area (Å²) in [6, 6.07) is 13.3. The van der Waals surface area contributed by atoms with Gasteiger partial charge >= 0.3 is 0 Å². The average molecular weight is 327 g/mol. The third-order valence-electron chi connectivity index (χ3n) is 2.58. The van der Waals surface area contributed by atoms with Crippen molar-refractivity contribution in [2.75, 3.05) is 12.3 Å². The molecule has 0 spiro atoms. The van der Waals surface area contributed by atoms with E-state index in [1.54, 1.807) is 6.07 Å². The molecule has 0 amide bonds. The number of anilines is 1. The van der Waals surface area contributed by atoms with Crippen LogP contribution in [0.5, 0.6) is 5.75 Å². The SMILES string of the molecule is Nc1ccccc1CCOc1cc(Br)ccc1Cl. The number of para-hydroxylation sites is 1. The third-order valence-corrected chi connectivity index (χ3v) is 3.38. The van der Waals surface area contributed by atoms with Gasteiger partial charge in [0.1, 0.15) is 5.75 Å². The second-order valence-electron chi connectivity index (χ2n) is 3.87. The summed E-state index contributed by atoms with van der Waals surface area (Å²) in [6.07, 6.45) is 0.759. The van der Waals surface area contributed by atoms with Gasteiger partial charge in [0.25, 0.3) is 0 Å². The molecule has 0 aliphatic heterocycles. The number of halogens is 2. The van der Waals surface area contributed by atoms with Gasteiger partial charge in [0.2, 0.25) is 0 Å². The molecule has 0 bridgehead atoms. The summed E-state index contributed by atoms with van der Waals surface area (Å²) in [5.41, 5.74) is 7.74. The summed E-state index contributed by atoms with van der Waals surface area (Å²) in [7, 11) is 0. The summed E-state index contributed by atoms with van der Waals surface area (Å²) >= 11 is 9.42. The fourth-order valence-electron chi connectivity index (χ4n) is 1.62. The van der Waals surface area contributed by atoms with E-state index in [1.165, 1.54) is 0 Å². The lowest BCUT2D eigenvalue weighted by molar-refractivity contribution is 0.322. The maximum atomic E-state index is 6.04. The Morgan fingerprint density at radius 3 is 2.72 bits per heavy atom. The first kappa shape index (κ1) is 13.2. The number of nitrogens with two attached hydrogens (primary N) is 1. The highest BCUT2D eigenvalue weighted by Gasteiger charge is 2.03. The topological polar surface area (TPSA) is 35.2 Å². The van der Waals surface area contributed by atoms with Crippen molar-refractivity contribution in [3.8, 4) is 5.75 Å². The van der Waals surface area contributed by atoms with Crippen molar-refractivity contribution in [3.63, 3.8) is 0 Å². The van der Waals surface area contributed by atoms with Crippen molar-refractivity contribution < 1.29 is 4.74 Å². The quantitative estimate of drug-likeness (QED) is 0.850. The Kier molecular flexibility index (Phi) is 4.50. The van der Waals surface area contributed by atoms with Crippen molar-refractivity contribution in [2.45, 2.75) is 6.42 Å². The second-order valence-corrected chi connectivity index (χ2v) is 5.19. The molecule has 18 heavy (non-hydrogen) atoms. The number of nitrogen functional groups attached to an aromatic ring is 1. The molecule has 4 heteroatoms. The molecule has 2 rings (SSSR count). The lowest BCUT2D eigenvalue weighted by atomic mass is 10.1. The number of benzene rings is 2. The summed E-state index contributed by atoms with van der Waals surface area (Å²) in [6.45, 7) is 0.546. The maximum Gasteiger partial charge on any atom is 0.139 e. The van der Waals surface area contributed by atoms with Crippen LogP contribution in [0.1, 0.15) is 5.56 Å². The Morgan fingerprint density at radius 2 is 1.94 bits per heavy atom. The Balaban J connectivity index is 1.96. The predicted molar refractivity (Wildman–Crippen MR) is 79.2 cm³/mol. The summed E-state index contributed by atoms with van der Waals surface area (Å²) in [5, 5.41) is 0.610. The van der Waals surface area contributed by atoms with E-state index in [0.29, 0.717) is 17.4 Å². The van der Waals surface area contributed by atoms with Crippen LogP contribution in [0, 0.1) is 0 Å². The van der Waals surface area contributed by atoms with E-state index in [9.17, 15) is 0 Å². The Hall–Kier alpha value is -1.19. The molecule has 0 aromatic heterocycles. The summed E-state index contributed by atoms with van der Waals surface area (Å²) in [4.78, 5) is 0. The molecule has 0 fully saturated rings. The maximum absolute atomic E-state index is 6.04. The molecule has 2 aromatic carbocycles. The molecule has 0 aliphatic carbocycles. The number of hydrogen-bond donors (Lipinski definition) is 1. The van der Waals surface area contributed by atoms with E-state index < -0.39 is 0 Å². The van der Waals surface area contributed by atoms with Gasteiger partial charge < -0.3 is 10.5 Å². The molecule has 2 nitrogen and oxygen atoms in total. The van der Waals surface area contributed by atoms with Gasteiger partial charge in [0.05, 0.1) is 11.6 Å². The number of ether oxygens (including phenoxy) is 1. The van der Waals surface area contributed by atoms with Crippen molar-refractivity contribution in [1.82, 2.24) is 0 Å². The van der Waals surface area contributed by atoms with Gasteiger partial charge in [-0.15, -0.1) is 0 Å². The Bertz CT molecular complexity index is 545. The molecule has 0 saturated carbocycles. The zero-order valence-corrected chi connectivity index (χ0v) is 12.0. The highest BCUT2D eigenvalue weighted by Crippen LogP contribution is 2.28. The highest BCUT2D eigenvalue weighted by atomic mass is 79.9. The van der Waals surface area contributed by atoms with E-state index in [4.69, 9.17) is 22.1 Å². The lowest BCUT2D eigenvalue weighted by Crippen LogP contribution is -2.04. The van der Waals surface area contributed by atoms with Crippen LogP contribution in [0.2, 0.25) is 5.02 Å². The summed E-state index contributed by atoms with van der Waals surface area (Å²) in [5.74, 6) is 0.681. The molecule has 0 heterocycles. The first-order chi connectivity index (χ1) is 8.66. The standard InChI is InChI=1S/C14H13BrClNO/c15-11-5-6-12(16)14(9-11)18-8-7-10-3-1-2-4-13(10)17/h1-6,9H,7-8,17H2. The zero-order valence-electron chi connectivity index (χ0n) is 9.70. The van der Waals surface area contributed by atoms with Gasteiger partial charge in [0, 0.05) is 16.6 Å². The van der Waals surface area contributed by atoms with E-state index in [1.807, 2.05) is 36.4 Å². The van der Waals surface area contributed by atoms with Gasteiger partial charge in [0.15, 0.2) is 0 Å². The largest absolute Gasteiger partial charge is 0.492 e. The van der Waals surface area contributed by atoms with E-state index in [0.717, 1.165) is 22.1 Å². The van der Waals surface area contributed by atoms with Gasteiger partial charge in [-0.25, -0.2) is 0 Å². The van der Waals surface area contributed by atoms with Crippen molar-refractivity contribution >= 4 is 33.2 Å². The van der Waals surface area contributed by atoms with Gasteiger partial charge in [-0.05, 0) is 29.8 Å². The first-order valence-electron chi connectivity index (χ1n) is 5.58. The Morgan fingerprint density at radius 1 is 1.17 bits per heavy atom. The van der Waals surface area contributed by atoms with Crippen LogP contribution >= 0.6 is 27.5 Å². The molecule has 2 N–H and O–H groups in total. The van der Waals surface area contributed by atoms with Gasteiger partial charge in [-0.1, -0.05) is 45.7 Å². The monoisotopic (exact) mass is 325 g/mol. The molecule has 0 radical (unpaired) electrons. The van der Waals surface area contributed by atoms with E-state index >= 15 is 0 Å². The normalized spacial score (nSPS) is 10.3. The average Bonchev–Trinajstić information content (AvgIpc) is 2.36. The van der Waals surface area contributed by atoms with Crippen LogP contribution in [-0.4, -0.2) is 6.61 Å². The molecule has 0 atom stereocenters. The van der Waals surface area contributed by atoms with Crippen molar-refractivity contribution in [2.24, 2.45) is 0 Å². The van der Waals surface area contributed by atoms with Crippen LogP contribution in [0.3, 0.4) is 0 Å². The van der Waals surface area contributed by atoms with Crippen LogP contribution in [0.15, 0.2) is 46.9 Å². The number of rotatable bonds is 4. The Labute approximate surface area is 120 Å². The molecule has 0 unspecified atom stereocenters. The minimum absolute atomic E-state index is 0.546. The first-order valence-corrected chi connectivity index (χ1v) is 6.75.